The average molecular weight is 381 g/mol. The molecule has 0 saturated carbocycles. The lowest BCUT2D eigenvalue weighted by molar-refractivity contribution is -0.139. The van der Waals surface area contributed by atoms with Gasteiger partial charge in [0.2, 0.25) is 0 Å². The number of halogens is 2. The number of carbonyl (C=O) groups excluding carboxylic acids is 1. The number of esters is 1. The standard InChI is InChI=1S/C12H14ClIN2O2/c1-7(2)18-12(17)11(16-15-3)9-6-8(14)4-5-10(9)13/h4-7,15H,1-3H3/b16-11-. The fraction of sp³-hybridized carbons (Fsp3) is 0.333. The molecular formula is C12H14ClIN2O2. The van der Waals surface area contributed by atoms with Gasteiger partial charge in [0.15, 0.2) is 5.71 Å². The highest BCUT2D eigenvalue weighted by Gasteiger charge is 2.20. The summed E-state index contributed by atoms with van der Waals surface area (Å²) >= 11 is 8.23. The van der Waals surface area contributed by atoms with Crippen molar-refractivity contribution < 1.29 is 9.53 Å². The van der Waals surface area contributed by atoms with E-state index in [2.05, 4.69) is 33.1 Å². The Morgan fingerprint density at radius 1 is 1.50 bits per heavy atom. The number of carbonyl (C=O) groups is 1. The minimum atomic E-state index is -0.497. The molecule has 0 aliphatic carbocycles. The highest BCUT2D eigenvalue weighted by atomic mass is 127. The summed E-state index contributed by atoms with van der Waals surface area (Å²) in [5, 5.41) is 4.42. The molecular weight excluding hydrogens is 367 g/mol. The highest BCUT2D eigenvalue weighted by molar-refractivity contribution is 14.1. The zero-order valence-electron chi connectivity index (χ0n) is 10.3. The molecule has 0 bridgehead atoms. The summed E-state index contributed by atoms with van der Waals surface area (Å²) in [6.07, 6.45) is -0.207. The van der Waals surface area contributed by atoms with Crippen molar-refractivity contribution in [2.24, 2.45) is 5.10 Å². The molecule has 6 heteroatoms. The van der Waals surface area contributed by atoms with Crippen molar-refractivity contribution in [1.82, 2.24) is 5.43 Å². The van der Waals surface area contributed by atoms with E-state index in [4.69, 9.17) is 16.3 Å². The van der Waals surface area contributed by atoms with E-state index in [1.165, 1.54) is 0 Å². The second-order valence-corrected chi connectivity index (χ2v) is 5.42. The molecule has 0 heterocycles. The van der Waals surface area contributed by atoms with Crippen molar-refractivity contribution in [3.05, 3.63) is 32.4 Å². The Morgan fingerprint density at radius 3 is 2.72 bits per heavy atom. The van der Waals surface area contributed by atoms with Crippen LogP contribution in [-0.4, -0.2) is 24.8 Å². The van der Waals surface area contributed by atoms with Gasteiger partial charge in [-0.3, -0.25) is 0 Å². The fourth-order valence-electron chi connectivity index (χ4n) is 1.28. The maximum Gasteiger partial charge on any atom is 0.359 e. The first-order chi connectivity index (χ1) is 8.45. The van der Waals surface area contributed by atoms with Crippen LogP contribution >= 0.6 is 34.2 Å². The molecule has 98 valence electrons. The van der Waals surface area contributed by atoms with Gasteiger partial charge in [-0.05, 0) is 54.6 Å². The third kappa shape index (κ3) is 4.13. The van der Waals surface area contributed by atoms with E-state index in [9.17, 15) is 4.79 Å². The SMILES string of the molecule is CN/N=C(\C(=O)OC(C)C)c1cc(I)ccc1Cl. The van der Waals surface area contributed by atoms with Gasteiger partial charge in [-0.2, -0.15) is 5.10 Å². The van der Waals surface area contributed by atoms with Gasteiger partial charge in [0, 0.05) is 16.2 Å². The second-order valence-electron chi connectivity index (χ2n) is 3.76. The van der Waals surface area contributed by atoms with Crippen LogP contribution in [0, 0.1) is 3.57 Å². The van der Waals surface area contributed by atoms with Gasteiger partial charge in [-0.1, -0.05) is 11.6 Å². The van der Waals surface area contributed by atoms with Crippen molar-refractivity contribution in [1.29, 1.82) is 0 Å². The van der Waals surface area contributed by atoms with Crippen molar-refractivity contribution in [3.8, 4) is 0 Å². The van der Waals surface area contributed by atoms with Crippen LogP contribution < -0.4 is 5.43 Å². The molecule has 0 aliphatic rings. The third-order valence-electron chi connectivity index (χ3n) is 1.94. The zero-order chi connectivity index (χ0) is 13.7. The average Bonchev–Trinajstić information content (AvgIpc) is 2.28. The van der Waals surface area contributed by atoms with Gasteiger partial charge in [0.25, 0.3) is 0 Å². The van der Waals surface area contributed by atoms with Crippen molar-refractivity contribution >= 4 is 45.9 Å². The minimum Gasteiger partial charge on any atom is -0.458 e. The normalized spacial score (nSPS) is 11.6. The van der Waals surface area contributed by atoms with Crippen LogP contribution in [0.4, 0.5) is 0 Å². The summed E-state index contributed by atoms with van der Waals surface area (Å²) in [4.78, 5) is 12.0. The van der Waals surface area contributed by atoms with Crippen LogP contribution in [0.3, 0.4) is 0 Å². The van der Waals surface area contributed by atoms with Crippen LogP contribution in [0.2, 0.25) is 5.02 Å². The summed E-state index contributed by atoms with van der Waals surface area (Å²) < 4.78 is 6.11. The molecule has 1 rings (SSSR count). The number of ether oxygens (including phenoxy) is 1. The van der Waals surface area contributed by atoms with Crippen molar-refractivity contribution in [3.63, 3.8) is 0 Å². The van der Waals surface area contributed by atoms with Crippen LogP contribution in [0.1, 0.15) is 19.4 Å². The first-order valence-corrected chi connectivity index (χ1v) is 6.82. The number of rotatable bonds is 4. The Kier molecular flexibility index (Phi) is 5.87. The smallest absolute Gasteiger partial charge is 0.359 e. The first-order valence-electron chi connectivity index (χ1n) is 5.36. The lowest BCUT2D eigenvalue weighted by Crippen LogP contribution is -2.24. The molecule has 4 nitrogen and oxygen atoms in total. The van der Waals surface area contributed by atoms with E-state index in [1.807, 2.05) is 6.07 Å². The van der Waals surface area contributed by atoms with Crippen molar-refractivity contribution in [2.75, 3.05) is 7.05 Å². The number of hydrogen-bond donors (Lipinski definition) is 1. The molecule has 0 saturated heterocycles. The van der Waals surface area contributed by atoms with Gasteiger partial charge in [0.1, 0.15) is 0 Å². The molecule has 0 aromatic heterocycles. The van der Waals surface area contributed by atoms with Gasteiger partial charge in [-0.25, -0.2) is 4.79 Å². The Morgan fingerprint density at radius 2 is 2.17 bits per heavy atom. The summed E-state index contributed by atoms with van der Waals surface area (Å²) in [6, 6.07) is 5.38. The number of benzene rings is 1. The molecule has 0 aliphatic heterocycles. The predicted octanol–water partition coefficient (Wildman–Crippen LogP) is 2.82. The summed E-state index contributed by atoms with van der Waals surface area (Å²) in [6.45, 7) is 3.57. The Labute approximate surface area is 125 Å². The maximum atomic E-state index is 12.0. The highest BCUT2D eigenvalue weighted by Crippen LogP contribution is 2.20. The molecule has 0 atom stereocenters. The summed E-state index contributed by atoms with van der Waals surface area (Å²) in [5.41, 5.74) is 3.33. The quantitative estimate of drug-likeness (QED) is 0.378. The molecule has 0 radical (unpaired) electrons. The number of nitrogens with one attached hydrogen (secondary N) is 1. The van der Waals surface area contributed by atoms with Crippen LogP contribution in [-0.2, 0) is 9.53 Å². The number of hydrogen-bond acceptors (Lipinski definition) is 4. The van der Waals surface area contributed by atoms with Crippen LogP contribution in [0.5, 0.6) is 0 Å². The van der Waals surface area contributed by atoms with E-state index >= 15 is 0 Å². The van der Waals surface area contributed by atoms with E-state index in [1.54, 1.807) is 33.0 Å². The summed E-state index contributed by atoms with van der Waals surface area (Å²) in [5.74, 6) is -0.497. The molecule has 1 aromatic rings. The molecule has 0 spiro atoms. The van der Waals surface area contributed by atoms with Crippen molar-refractivity contribution in [2.45, 2.75) is 20.0 Å². The molecule has 0 unspecified atom stereocenters. The van der Waals surface area contributed by atoms with E-state index < -0.39 is 5.97 Å². The molecule has 18 heavy (non-hydrogen) atoms. The Hall–Kier alpha value is -0.820. The van der Waals surface area contributed by atoms with Crippen LogP contribution in [0.25, 0.3) is 0 Å². The van der Waals surface area contributed by atoms with Gasteiger partial charge < -0.3 is 10.2 Å². The largest absolute Gasteiger partial charge is 0.458 e. The fourth-order valence-corrected chi connectivity index (χ4v) is 1.97. The van der Waals surface area contributed by atoms with Gasteiger partial charge in [-0.15, -0.1) is 0 Å². The third-order valence-corrected chi connectivity index (χ3v) is 2.94. The topological polar surface area (TPSA) is 50.7 Å². The maximum absolute atomic E-state index is 12.0. The van der Waals surface area contributed by atoms with E-state index in [0.29, 0.717) is 10.6 Å². The molecule has 0 amide bonds. The van der Waals surface area contributed by atoms with Gasteiger partial charge >= 0.3 is 5.97 Å². The lowest BCUT2D eigenvalue weighted by atomic mass is 10.1. The lowest BCUT2D eigenvalue weighted by Gasteiger charge is -2.11. The summed E-state index contributed by atoms with van der Waals surface area (Å²) in [7, 11) is 1.62. The first kappa shape index (κ1) is 15.2. The monoisotopic (exact) mass is 380 g/mol. The van der Waals surface area contributed by atoms with E-state index in [0.717, 1.165) is 3.57 Å². The number of nitrogens with zero attached hydrogens (tertiary/aromatic N) is 1. The van der Waals surface area contributed by atoms with E-state index in [-0.39, 0.29) is 11.8 Å². The molecule has 0 fully saturated rings. The second kappa shape index (κ2) is 6.94. The van der Waals surface area contributed by atoms with Crippen LogP contribution in [0.15, 0.2) is 23.3 Å². The molecule has 1 N–H and O–H groups in total. The minimum absolute atomic E-state index is 0.176. The zero-order valence-corrected chi connectivity index (χ0v) is 13.2. The molecule has 1 aromatic carbocycles. The Bertz CT molecular complexity index is 475. The van der Waals surface area contributed by atoms with Gasteiger partial charge in [0.05, 0.1) is 11.1 Å². The Balaban J connectivity index is 3.16. The predicted molar refractivity (Wildman–Crippen MR) is 81.0 cm³/mol. The number of hydrazone groups is 1.